The van der Waals surface area contributed by atoms with Crippen molar-refractivity contribution in [1.29, 1.82) is 0 Å². The molecule has 0 fully saturated rings. The molecule has 0 aliphatic rings. The Balaban J connectivity index is 2.19. The first-order valence-electron chi connectivity index (χ1n) is 5.47. The highest BCUT2D eigenvalue weighted by atomic mass is 35.5. The standard InChI is InChI=1S/C13H12ClN3O/c14-12-8-16-3-1-9(12)6-13(18)10-2-4-17-11(5-10)7-15/h1-5,8H,6-7,15H2. The topological polar surface area (TPSA) is 68.9 Å². The number of nitrogens with two attached hydrogens (primary N) is 1. The van der Waals surface area contributed by atoms with E-state index in [0.29, 0.717) is 22.8 Å². The number of hydrogen-bond donors (Lipinski definition) is 1. The van der Waals surface area contributed by atoms with Gasteiger partial charge in [-0.1, -0.05) is 11.6 Å². The fraction of sp³-hybridized carbons (Fsp3) is 0.154. The van der Waals surface area contributed by atoms with E-state index in [-0.39, 0.29) is 12.2 Å². The third kappa shape index (κ3) is 2.91. The van der Waals surface area contributed by atoms with Gasteiger partial charge in [-0.05, 0) is 23.8 Å². The lowest BCUT2D eigenvalue weighted by Crippen LogP contribution is -2.07. The Morgan fingerprint density at radius 1 is 1.33 bits per heavy atom. The Labute approximate surface area is 110 Å². The summed E-state index contributed by atoms with van der Waals surface area (Å²) in [5, 5.41) is 0.499. The minimum absolute atomic E-state index is 0.0137. The SMILES string of the molecule is NCc1cc(C(=O)Cc2ccncc2Cl)ccn1. The number of carbonyl (C=O) groups excluding carboxylic acids is 1. The number of pyridine rings is 2. The zero-order valence-electron chi connectivity index (χ0n) is 9.64. The zero-order valence-corrected chi connectivity index (χ0v) is 10.4. The second-order valence-electron chi connectivity index (χ2n) is 3.81. The maximum absolute atomic E-state index is 12.1. The van der Waals surface area contributed by atoms with Crippen LogP contribution in [-0.2, 0) is 13.0 Å². The Kier molecular flexibility index (Phi) is 4.02. The van der Waals surface area contributed by atoms with Gasteiger partial charge < -0.3 is 5.73 Å². The van der Waals surface area contributed by atoms with Crippen LogP contribution in [0.3, 0.4) is 0 Å². The minimum atomic E-state index is -0.0137. The first kappa shape index (κ1) is 12.7. The monoisotopic (exact) mass is 261 g/mol. The number of ketones is 1. The summed E-state index contributed by atoms with van der Waals surface area (Å²) in [5.41, 5.74) is 7.55. The van der Waals surface area contributed by atoms with E-state index in [1.165, 1.54) is 6.20 Å². The lowest BCUT2D eigenvalue weighted by atomic mass is 10.0. The molecule has 0 bridgehead atoms. The van der Waals surface area contributed by atoms with Gasteiger partial charge in [-0.2, -0.15) is 0 Å². The quantitative estimate of drug-likeness (QED) is 0.855. The van der Waals surface area contributed by atoms with Crippen molar-refractivity contribution < 1.29 is 4.79 Å². The van der Waals surface area contributed by atoms with Crippen LogP contribution in [0.25, 0.3) is 0 Å². The number of nitrogens with zero attached hydrogens (tertiary/aromatic N) is 2. The molecule has 2 heterocycles. The van der Waals surface area contributed by atoms with Crippen molar-refractivity contribution in [1.82, 2.24) is 9.97 Å². The predicted octanol–water partition coefficient (Wildman–Crippen LogP) is 2.01. The number of hydrogen-bond acceptors (Lipinski definition) is 4. The van der Waals surface area contributed by atoms with Gasteiger partial charge >= 0.3 is 0 Å². The second kappa shape index (κ2) is 5.71. The molecule has 0 aliphatic carbocycles. The van der Waals surface area contributed by atoms with Crippen LogP contribution in [0.2, 0.25) is 5.02 Å². The molecular weight excluding hydrogens is 250 g/mol. The molecule has 2 N–H and O–H groups in total. The van der Waals surface area contributed by atoms with Gasteiger partial charge in [0.2, 0.25) is 0 Å². The first-order valence-corrected chi connectivity index (χ1v) is 5.85. The summed E-state index contributed by atoms with van der Waals surface area (Å²) in [6.07, 6.45) is 4.98. The Morgan fingerprint density at radius 3 is 2.89 bits per heavy atom. The third-order valence-corrected chi connectivity index (χ3v) is 2.90. The summed E-state index contributed by atoms with van der Waals surface area (Å²) in [7, 11) is 0. The summed E-state index contributed by atoms with van der Waals surface area (Å²) in [5.74, 6) is -0.0137. The van der Waals surface area contributed by atoms with Crippen LogP contribution in [0.1, 0.15) is 21.6 Å². The molecule has 4 nitrogen and oxygen atoms in total. The molecule has 2 rings (SSSR count). The van der Waals surface area contributed by atoms with E-state index >= 15 is 0 Å². The summed E-state index contributed by atoms with van der Waals surface area (Å²) in [6.45, 7) is 0.317. The van der Waals surface area contributed by atoms with E-state index in [9.17, 15) is 4.79 Å². The molecule has 0 aliphatic heterocycles. The number of Topliss-reactive ketones (excluding diaryl/α,β-unsaturated/α-hetero) is 1. The molecule has 0 saturated carbocycles. The molecule has 0 saturated heterocycles. The second-order valence-corrected chi connectivity index (χ2v) is 4.21. The highest BCUT2D eigenvalue weighted by Gasteiger charge is 2.10. The van der Waals surface area contributed by atoms with Crippen LogP contribution in [0, 0.1) is 0 Å². The van der Waals surface area contributed by atoms with Gasteiger partial charge in [0.15, 0.2) is 5.78 Å². The average Bonchev–Trinajstić information content (AvgIpc) is 2.41. The van der Waals surface area contributed by atoms with Crippen LogP contribution in [-0.4, -0.2) is 15.8 Å². The van der Waals surface area contributed by atoms with E-state index in [4.69, 9.17) is 17.3 Å². The average molecular weight is 262 g/mol. The van der Waals surface area contributed by atoms with Gasteiger partial charge in [-0.3, -0.25) is 14.8 Å². The molecular formula is C13H12ClN3O. The summed E-state index contributed by atoms with van der Waals surface area (Å²) in [4.78, 5) is 20.0. The summed E-state index contributed by atoms with van der Waals surface area (Å²) >= 11 is 5.97. The number of carbonyl (C=O) groups is 1. The van der Waals surface area contributed by atoms with E-state index in [1.54, 1.807) is 30.6 Å². The van der Waals surface area contributed by atoms with Crippen molar-refractivity contribution in [3.63, 3.8) is 0 Å². The summed E-state index contributed by atoms with van der Waals surface area (Å²) < 4.78 is 0. The van der Waals surface area contributed by atoms with E-state index < -0.39 is 0 Å². The molecule has 2 aromatic rings. The van der Waals surface area contributed by atoms with Crippen LogP contribution in [0.4, 0.5) is 0 Å². The first-order chi connectivity index (χ1) is 8.70. The molecule has 5 heteroatoms. The Morgan fingerprint density at radius 2 is 2.17 bits per heavy atom. The van der Waals surface area contributed by atoms with E-state index in [1.807, 2.05) is 0 Å². The fourth-order valence-electron chi connectivity index (χ4n) is 1.59. The van der Waals surface area contributed by atoms with Crippen molar-refractivity contribution in [2.24, 2.45) is 5.73 Å². The van der Waals surface area contributed by atoms with Crippen molar-refractivity contribution in [3.05, 3.63) is 58.6 Å². The summed E-state index contributed by atoms with van der Waals surface area (Å²) in [6, 6.07) is 5.12. The van der Waals surface area contributed by atoms with Gasteiger partial charge in [0, 0.05) is 37.1 Å². The van der Waals surface area contributed by atoms with Crippen LogP contribution in [0.5, 0.6) is 0 Å². The number of aromatic nitrogens is 2. The van der Waals surface area contributed by atoms with E-state index in [0.717, 1.165) is 5.56 Å². The Hall–Kier alpha value is -1.78. The molecule has 0 atom stereocenters. The lowest BCUT2D eigenvalue weighted by molar-refractivity contribution is 0.0992. The number of rotatable bonds is 4. The minimum Gasteiger partial charge on any atom is -0.325 e. The van der Waals surface area contributed by atoms with Crippen molar-refractivity contribution >= 4 is 17.4 Å². The van der Waals surface area contributed by atoms with Gasteiger partial charge in [-0.15, -0.1) is 0 Å². The van der Waals surface area contributed by atoms with Crippen molar-refractivity contribution in [3.8, 4) is 0 Å². The molecule has 0 radical (unpaired) electrons. The molecule has 0 amide bonds. The Bertz CT molecular complexity index is 572. The molecule has 0 spiro atoms. The van der Waals surface area contributed by atoms with Gasteiger partial charge in [0.25, 0.3) is 0 Å². The zero-order chi connectivity index (χ0) is 13.0. The van der Waals surface area contributed by atoms with Crippen LogP contribution in [0.15, 0.2) is 36.8 Å². The van der Waals surface area contributed by atoms with Crippen LogP contribution < -0.4 is 5.73 Å². The molecule has 0 unspecified atom stereocenters. The van der Waals surface area contributed by atoms with Crippen molar-refractivity contribution in [2.45, 2.75) is 13.0 Å². The molecule has 18 heavy (non-hydrogen) atoms. The van der Waals surface area contributed by atoms with Gasteiger partial charge in [0.05, 0.1) is 10.7 Å². The van der Waals surface area contributed by atoms with Crippen molar-refractivity contribution in [2.75, 3.05) is 0 Å². The van der Waals surface area contributed by atoms with Gasteiger partial charge in [-0.25, -0.2) is 0 Å². The van der Waals surface area contributed by atoms with E-state index in [2.05, 4.69) is 9.97 Å². The largest absolute Gasteiger partial charge is 0.325 e. The normalized spacial score (nSPS) is 10.3. The fourth-order valence-corrected chi connectivity index (χ4v) is 1.77. The smallest absolute Gasteiger partial charge is 0.167 e. The third-order valence-electron chi connectivity index (χ3n) is 2.56. The molecule has 2 aromatic heterocycles. The highest BCUT2D eigenvalue weighted by molar-refractivity contribution is 6.31. The maximum Gasteiger partial charge on any atom is 0.167 e. The maximum atomic E-state index is 12.1. The highest BCUT2D eigenvalue weighted by Crippen LogP contribution is 2.16. The lowest BCUT2D eigenvalue weighted by Gasteiger charge is -2.04. The molecule has 92 valence electrons. The molecule has 0 aromatic carbocycles. The number of halogens is 1. The van der Waals surface area contributed by atoms with Crippen LogP contribution >= 0.6 is 11.6 Å². The predicted molar refractivity (Wildman–Crippen MR) is 69.4 cm³/mol. The van der Waals surface area contributed by atoms with Gasteiger partial charge in [0.1, 0.15) is 0 Å².